The molecule has 0 spiro atoms. The summed E-state index contributed by atoms with van der Waals surface area (Å²) in [4.78, 5) is 9.25. The van der Waals surface area contributed by atoms with Crippen molar-refractivity contribution in [2.45, 2.75) is 18.7 Å². The van der Waals surface area contributed by atoms with Crippen molar-refractivity contribution < 1.29 is 0 Å². The molecule has 0 aromatic carbocycles. The van der Waals surface area contributed by atoms with E-state index in [-0.39, 0.29) is 0 Å². The molecular weight excluding hydrogens is 246 g/mol. The maximum Gasteiger partial charge on any atom is 0.128 e. The Morgan fingerprint density at radius 3 is 2.67 bits per heavy atom. The summed E-state index contributed by atoms with van der Waals surface area (Å²) >= 11 is 5.83. The molecule has 0 unspecified atom stereocenters. The zero-order valence-corrected chi connectivity index (χ0v) is 12.0. The standard InChI is InChI=1S/C14H22ClN3/c1-17(2)11-12-6-8-18(9-7-12)14-5-3-4-13(10-15)16-14/h3-5,12H,6-11H2,1-2H3. The molecule has 2 heterocycles. The van der Waals surface area contributed by atoms with Crippen molar-refractivity contribution in [3.8, 4) is 0 Å². The third kappa shape index (κ3) is 3.59. The number of piperidine rings is 1. The molecule has 0 amide bonds. The van der Waals surface area contributed by atoms with Crippen molar-refractivity contribution in [2.75, 3.05) is 38.6 Å². The van der Waals surface area contributed by atoms with Gasteiger partial charge in [0.15, 0.2) is 0 Å². The summed E-state index contributed by atoms with van der Waals surface area (Å²) in [6.45, 7) is 3.41. The van der Waals surface area contributed by atoms with E-state index in [2.05, 4.69) is 34.9 Å². The van der Waals surface area contributed by atoms with E-state index in [4.69, 9.17) is 11.6 Å². The lowest BCUT2D eigenvalue weighted by atomic mass is 9.96. The fraction of sp³-hybridized carbons (Fsp3) is 0.643. The molecule has 1 fully saturated rings. The lowest BCUT2D eigenvalue weighted by Gasteiger charge is -2.34. The second-order valence-corrected chi connectivity index (χ2v) is 5.58. The van der Waals surface area contributed by atoms with Crippen molar-refractivity contribution in [1.29, 1.82) is 0 Å². The topological polar surface area (TPSA) is 19.4 Å². The van der Waals surface area contributed by atoms with Crippen molar-refractivity contribution in [3.63, 3.8) is 0 Å². The number of aromatic nitrogens is 1. The van der Waals surface area contributed by atoms with E-state index < -0.39 is 0 Å². The van der Waals surface area contributed by atoms with Gasteiger partial charge in [0.1, 0.15) is 5.82 Å². The Labute approximate surface area is 115 Å². The second-order valence-electron chi connectivity index (χ2n) is 5.31. The molecule has 0 saturated carbocycles. The van der Waals surface area contributed by atoms with Gasteiger partial charge in [0.25, 0.3) is 0 Å². The van der Waals surface area contributed by atoms with Gasteiger partial charge in [0.05, 0.1) is 11.6 Å². The first-order valence-corrected chi connectivity index (χ1v) is 7.14. The third-order valence-corrected chi connectivity index (χ3v) is 3.76. The minimum absolute atomic E-state index is 0.491. The summed E-state index contributed by atoms with van der Waals surface area (Å²) in [5.74, 6) is 2.40. The minimum Gasteiger partial charge on any atom is -0.357 e. The van der Waals surface area contributed by atoms with E-state index >= 15 is 0 Å². The largest absolute Gasteiger partial charge is 0.357 e. The summed E-state index contributed by atoms with van der Waals surface area (Å²) in [6, 6.07) is 6.11. The molecule has 3 nitrogen and oxygen atoms in total. The van der Waals surface area contributed by atoms with Gasteiger partial charge in [-0.2, -0.15) is 0 Å². The Kier molecular flexibility index (Phi) is 4.84. The van der Waals surface area contributed by atoms with E-state index in [0.717, 1.165) is 30.5 Å². The van der Waals surface area contributed by atoms with Crippen molar-refractivity contribution in [2.24, 2.45) is 5.92 Å². The number of alkyl halides is 1. The maximum absolute atomic E-state index is 5.83. The molecule has 0 radical (unpaired) electrons. The molecule has 1 aromatic heterocycles. The summed E-state index contributed by atoms with van der Waals surface area (Å²) in [5, 5.41) is 0. The predicted molar refractivity (Wildman–Crippen MR) is 77.3 cm³/mol. The molecular formula is C14H22ClN3. The van der Waals surface area contributed by atoms with Gasteiger partial charge in [-0.15, -0.1) is 11.6 Å². The first-order chi connectivity index (χ1) is 8.69. The average Bonchev–Trinajstić information content (AvgIpc) is 2.39. The normalized spacial score (nSPS) is 17.4. The Bertz CT molecular complexity index is 373. The number of nitrogens with zero attached hydrogens (tertiary/aromatic N) is 3. The quantitative estimate of drug-likeness (QED) is 0.782. The third-order valence-electron chi connectivity index (χ3n) is 3.49. The molecule has 1 aromatic rings. The van der Waals surface area contributed by atoms with Crippen LogP contribution in [0.15, 0.2) is 18.2 Å². The van der Waals surface area contributed by atoms with E-state index in [1.165, 1.54) is 19.4 Å². The smallest absolute Gasteiger partial charge is 0.128 e. The zero-order valence-electron chi connectivity index (χ0n) is 11.3. The van der Waals surface area contributed by atoms with Gasteiger partial charge >= 0.3 is 0 Å². The Morgan fingerprint density at radius 2 is 2.06 bits per heavy atom. The SMILES string of the molecule is CN(C)CC1CCN(c2cccc(CCl)n2)CC1. The van der Waals surface area contributed by atoms with Crippen LogP contribution in [0.5, 0.6) is 0 Å². The number of pyridine rings is 1. The number of halogens is 1. The van der Waals surface area contributed by atoms with Crippen LogP contribution in [0, 0.1) is 5.92 Å². The summed E-state index contributed by atoms with van der Waals surface area (Å²) in [7, 11) is 4.30. The van der Waals surface area contributed by atoms with Crippen LogP contribution in [0.2, 0.25) is 0 Å². The van der Waals surface area contributed by atoms with Crippen LogP contribution in [0.3, 0.4) is 0 Å². The van der Waals surface area contributed by atoms with Crippen LogP contribution in [-0.2, 0) is 5.88 Å². The molecule has 0 bridgehead atoms. The fourth-order valence-electron chi connectivity index (χ4n) is 2.58. The van der Waals surface area contributed by atoms with Crippen LogP contribution >= 0.6 is 11.6 Å². The van der Waals surface area contributed by atoms with Crippen LogP contribution in [0.1, 0.15) is 18.5 Å². The van der Waals surface area contributed by atoms with Gasteiger partial charge in [-0.05, 0) is 45.0 Å². The first-order valence-electron chi connectivity index (χ1n) is 6.60. The van der Waals surface area contributed by atoms with Crippen LogP contribution in [0.25, 0.3) is 0 Å². The predicted octanol–water partition coefficient (Wildman–Crippen LogP) is 2.60. The molecule has 0 atom stereocenters. The summed E-state index contributed by atoms with van der Waals surface area (Å²) in [5.41, 5.74) is 0.963. The number of rotatable bonds is 4. The molecule has 1 aliphatic rings. The summed E-state index contributed by atoms with van der Waals surface area (Å²) < 4.78 is 0. The van der Waals surface area contributed by atoms with Gasteiger partial charge in [-0.1, -0.05) is 6.07 Å². The van der Waals surface area contributed by atoms with Gasteiger partial charge in [0, 0.05) is 19.6 Å². The lowest BCUT2D eigenvalue weighted by molar-refractivity contribution is 0.284. The van der Waals surface area contributed by atoms with E-state index in [0.29, 0.717) is 5.88 Å². The number of anilines is 1. The second kappa shape index (κ2) is 6.39. The highest BCUT2D eigenvalue weighted by Gasteiger charge is 2.20. The fourth-order valence-corrected chi connectivity index (χ4v) is 2.73. The Morgan fingerprint density at radius 1 is 1.33 bits per heavy atom. The molecule has 100 valence electrons. The van der Waals surface area contributed by atoms with Crippen LogP contribution < -0.4 is 4.90 Å². The van der Waals surface area contributed by atoms with Crippen LogP contribution in [0.4, 0.5) is 5.82 Å². The van der Waals surface area contributed by atoms with E-state index in [9.17, 15) is 0 Å². The monoisotopic (exact) mass is 267 g/mol. The lowest BCUT2D eigenvalue weighted by Crippen LogP contribution is -2.37. The highest BCUT2D eigenvalue weighted by molar-refractivity contribution is 6.16. The molecule has 1 aliphatic heterocycles. The molecule has 0 aliphatic carbocycles. The number of hydrogen-bond donors (Lipinski definition) is 0. The summed E-state index contributed by atoms with van der Waals surface area (Å²) in [6.07, 6.45) is 2.51. The highest BCUT2D eigenvalue weighted by atomic mass is 35.5. The number of hydrogen-bond acceptors (Lipinski definition) is 3. The van der Waals surface area contributed by atoms with Gasteiger partial charge in [-0.3, -0.25) is 0 Å². The molecule has 1 saturated heterocycles. The minimum atomic E-state index is 0.491. The zero-order chi connectivity index (χ0) is 13.0. The van der Waals surface area contributed by atoms with Gasteiger partial charge < -0.3 is 9.80 Å². The molecule has 4 heteroatoms. The van der Waals surface area contributed by atoms with E-state index in [1.807, 2.05) is 12.1 Å². The Balaban J connectivity index is 1.92. The Hall–Kier alpha value is -0.800. The first kappa shape index (κ1) is 13.6. The van der Waals surface area contributed by atoms with Crippen molar-refractivity contribution in [1.82, 2.24) is 9.88 Å². The van der Waals surface area contributed by atoms with Crippen LogP contribution in [-0.4, -0.2) is 43.6 Å². The maximum atomic E-state index is 5.83. The van der Waals surface area contributed by atoms with E-state index in [1.54, 1.807) is 0 Å². The van der Waals surface area contributed by atoms with Gasteiger partial charge in [0.2, 0.25) is 0 Å². The average molecular weight is 268 g/mol. The van der Waals surface area contributed by atoms with Crippen molar-refractivity contribution >= 4 is 17.4 Å². The molecule has 0 N–H and O–H groups in total. The van der Waals surface area contributed by atoms with Gasteiger partial charge in [-0.25, -0.2) is 4.98 Å². The highest BCUT2D eigenvalue weighted by Crippen LogP contribution is 2.22. The molecule has 18 heavy (non-hydrogen) atoms. The van der Waals surface area contributed by atoms with Crippen molar-refractivity contribution in [3.05, 3.63) is 23.9 Å². The molecule has 2 rings (SSSR count).